The first-order valence-electron chi connectivity index (χ1n) is 3.31. The zero-order valence-corrected chi connectivity index (χ0v) is 7.52. The molecule has 2 nitrogen and oxygen atoms in total. The molecule has 1 heterocycles. The second kappa shape index (κ2) is 2.84. The normalized spacial score (nSPS) is 10.4. The van der Waals surface area contributed by atoms with E-state index in [0.717, 1.165) is 16.5 Å². The Kier molecular flexibility index (Phi) is 1.83. The second-order valence-electron chi connectivity index (χ2n) is 2.31. The van der Waals surface area contributed by atoms with Crippen molar-refractivity contribution in [2.75, 3.05) is 0 Å². The first kappa shape index (κ1) is 7.71. The van der Waals surface area contributed by atoms with Crippen LogP contribution in [-0.4, -0.2) is 11.3 Å². The van der Waals surface area contributed by atoms with E-state index in [-0.39, 0.29) is 0 Å². The van der Waals surface area contributed by atoms with Crippen molar-refractivity contribution in [3.8, 4) is 0 Å². The Labute approximate surface area is 77.8 Å². The minimum absolute atomic E-state index is 0.507. The van der Waals surface area contributed by atoms with E-state index in [2.05, 4.69) is 4.98 Å². The van der Waals surface area contributed by atoms with Crippen molar-refractivity contribution in [1.82, 2.24) is 4.98 Å². The van der Waals surface area contributed by atoms with E-state index in [1.165, 1.54) is 11.3 Å². The highest BCUT2D eigenvalue weighted by Gasteiger charge is 2.01. The molecular formula is C8H4ClNOS. The fourth-order valence-electron chi connectivity index (χ4n) is 0.986. The number of fused-ring (bicyclic) bond motifs is 1. The minimum atomic E-state index is 0.507. The van der Waals surface area contributed by atoms with E-state index in [0.29, 0.717) is 10.0 Å². The van der Waals surface area contributed by atoms with Gasteiger partial charge in [-0.3, -0.25) is 4.79 Å². The number of halogens is 1. The Bertz CT molecular complexity index is 438. The maximum Gasteiger partial charge on any atom is 0.184 e. The van der Waals surface area contributed by atoms with Crippen molar-refractivity contribution in [2.45, 2.75) is 0 Å². The first-order chi connectivity index (χ1) is 5.79. The van der Waals surface area contributed by atoms with Crippen LogP contribution < -0.4 is 0 Å². The lowest BCUT2D eigenvalue weighted by atomic mass is 10.2. The van der Waals surface area contributed by atoms with Crippen molar-refractivity contribution in [1.29, 1.82) is 0 Å². The van der Waals surface area contributed by atoms with Gasteiger partial charge >= 0.3 is 0 Å². The molecule has 1 aromatic heterocycles. The van der Waals surface area contributed by atoms with Gasteiger partial charge in [-0.25, -0.2) is 4.98 Å². The fourth-order valence-corrected chi connectivity index (χ4v) is 2.07. The lowest BCUT2D eigenvalue weighted by molar-refractivity contribution is 0.112. The van der Waals surface area contributed by atoms with Gasteiger partial charge in [-0.15, -0.1) is 11.3 Å². The Hall–Kier alpha value is -0.930. The van der Waals surface area contributed by atoms with Gasteiger partial charge in [0.1, 0.15) is 6.29 Å². The van der Waals surface area contributed by atoms with Gasteiger partial charge in [-0.05, 0) is 18.2 Å². The van der Waals surface area contributed by atoms with Crippen LogP contribution in [0, 0.1) is 0 Å². The Morgan fingerprint density at radius 2 is 2.33 bits per heavy atom. The molecule has 0 radical (unpaired) electrons. The van der Waals surface area contributed by atoms with E-state index in [9.17, 15) is 4.79 Å². The first-order valence-corrected chi connectivity index (χ1v) is 4.50. The molecule has 2 aromatic rings. The average molecular weight is 198 g/mol. The fraction of sp³-hybridized carbons (Fsp3) is 0. The Balaban J connectivity index is 2.74. The summed E-state index contributed by atoms with van der Waals surface area (Å²) in [6.45, 7) is 0. The summed E-state index contributed by atoms with van der Waals surface area (Å²) < 4.78 is 1.46. The third kappa shape index (κ3) is 1.21. The topological polar surface area (TPSA) is 30.0 Å². The van der Waals surface area contributed by atoms with Crippen LogP contribution in [-0.2, 0) is 0 Å². The molecule has 12 heavy (non-hydrogen) atoms. The van der Waals surface area contributed by atoms with Gasteiger partial charge in [0.05, 0.1) is 10.2 Å². The third-order valence-corrected chi connectivity index (χ3v) is 2.65. The number of aldehydes is 1. The summed E-state index contributed by atoms with van der Waals surface area (Å²) in [7, 11) is 0. The van der Waals surface area contributed by atoms with Gasteiger partial charge < -0.3 is 0 Å². The van der Waals surface area contributed by atoms with E-state index in [1.807, 2.05) is 0 Å². The van der Waals surface area contributed by atoms with Gasteiger partial charge in [0.2, 0.25) is 0 Å². The minimum Gasteiger partial charge on any atom is -0.298 e. The van der Waals surface area contributed by atoms with Crippen molar-refractivity contribution < 1.29 is 4.79 Å². The largest absolute Gasteiger partial charge is 0.298 e. The average Bonchev–Trinajstić information content (AvgIpc) is 2.43. The summed E-state index contributed by atoms with van der Waals surface area (Å²) in [6, 6.07) is 5.30. The monoisotopic (exact) mass is 197 g/mol. The highest BCUT2D eigenvalue weighted by Crippen LogP contribution is 2.25. The number of carbonyl (C=O) groups is 1. The molecule has 0 bridgehead atoms. The number of rotatable bonds is 1. The molecule has 0 saturated carbocycles. The predicted octanol–water partition coefficient (Wildman–Crippen LogP) is 2.76. The molecule has 0 unspecified atom stereocenters. The van der Waals surface area contributed by atoms with Gasteiger partial charge in [0.25, 0.3) is 0 Å². The van der Waals surface area contributed by atoms with Crippen LogP contribution in [0.1, 0.15) is 10.4 Å². The predicted molar refractivity (Wildman–Crippen MR) is 50.0 cm³/mol. The number of nitrogens with zero attached hydrogens (tertiary/aromatic N) is 1. The van der Waals surface area contributed by atoms with Gasteiger partial charge in [0.15, 0.2) is 4.47 Å². The summed E-state index contributed by atoms with van der Waals surface area (Å²) in [6.07, 6.45) is 0.813. The maximum atomic E-state index is 10.4. The summed E-state index contributed by atoms with van der Waals surface area (Å²) in [5, 5.41) is 0. The molecule has 0 aliphatic carbocycles. The van der Waals surface area contributed by atoms with Crippen molar-refractivity contribution in [3.05, 3.63) is 28.2 Å². The number of benzene rings is 1. The second-order valence-corrected chi connectivity index (χ2v) is 3.92. The molecular weight excluding hydrogens is 194 g/mol. The number of carbonyl (C=O) groups excluding carboxylic acids is 1. The molecule has 60 valence electrons. The molecule has 0 aliphatic heterocycles. The molecule has 2 rings (SSSR count). The molecule has 0 fully saturated rings. The number of thiazole rings is 1. The van der Waals surface area contributed by atoms with Gasteiger partial charge in [-0.1, -0.05) is 11.6 Å². The summed E-state index contributed by atoms with van der Waals surface area (Å²) in [4.78, 5) is 14.5. The van der Waals surface area contributed by atoms with E-state index < -0.39 is 0 Å². The zero-order chi connectivity index (χ0) is 8.55. The highest BCUT2D eigenvalue weighted by molar-refractivity contribution is 7.22. The van der Waals surface area contributed by atoms with Crippen LogP contribution in [0.4, 0.5) is 0 Å². The molecule has 1 aromatic carbocycles. The molecule has 0 spiro atoms. The number of hydrogen-bond donors (Lipinski definition) is 0. The van der Waals surface area contributed by atoms with Crippen LogP contribution in [0.2, 0.25) is 4.47 Å². The highest BCUT2D eigenvalue weighted by atomic mass is 35.5. The summed E-state index contributed by atoms with van der Waals surface area (Å²) in [5.41, 5.74) is 1.50. The van der Waals surface area contributed by atoms with Crippen LogP contribution in [0.25, 0.3) is 10.2 Å². The van der Waals surface area contributed by atoms with E-state index >= 15 is 0 Å². The van der Waals surface area contributed by atoms with E-state index in [1.54, 1.807) is 18.2 Å². The number of hydrogen-bond acceptors (Lipinski definition) is 3. The van der Waals surface area contributed by atoms with Crippen LogP contribution in [0.15, 0.2) is 18.2 Å². The third-order valence-electron chi connectivity index (χ3n) is 1.52. The summed E-state index contributed by atoms with van der Waals surface area (Å²) >= 11 is 7.07. The van der Waals surface area contributed by atoms with Crippen LogP contribution in [0.3, 0.4) is 0 Å². The van der Waals surface area contributed by atoms with Crippen molar-refractivity contribution in [2.24, 2.45) is 0 Å². The Morgan fingerprint density at radius 1 is 1.50 bits per heavy atom. The lowest BCUT2D eigenvalue weighted by Crippen LogP contribution is -1.76. The molecule has 0 atom stereocenters. The van der Waals surface area contributed by atoms with Crippen molar-refractivity contribution >= 4 is 39.4 Å². The van der Waals surface area contributed by atoms with Crippen LogP contribution >= 0.6 is 22.9 Å². The summed E-state index contributed by atoms with van der Waals surface area (Å²) in [5.74, 6) is 0. The molecule has 0 aliphatic rings. The van der Waals surface area contributed by atoms with Gasteiger partial charge in [0, 0.05) is 5.56 Å². The Morgan fingerprint density at radius 3 is 3.08 bits per heavy atom. The maximum absolute atomic E-state index is 10.4. The molecule has 0 saturated heterocycles. The number of aromatic nitrogens is 1. The smallest absolute Gasteiger partial charge is 0.184 e. The standard InChI is InChI=1S/C8H4ClNOS/c9-8-10-6-2-1-5(4-11)3-7(6)12-8/h1-4H. The quantitative estimate of drug-likeness (QED) is 0.658. The molecule has 0 amide bonds. The molecule has 0 N–H and O–H groups in total. The zero-order valence-electron chi connectivity index (χ0n) is 5.95. The SMILES string of the molecule is O=Cc1ccc2nc(Cl)sc2c1. The van der Waals surface area contributed by atoms with E-state index in [4.69, 9.17) is 11.6 Å². The van der Waals surface area contributed by atoms with Gasteiger partial charge in [-0.2, -0.15) is 0 Å². The van der Waals surface area contributed by atoms with Crippen LogP contribution in [0.5, 0.6) is 0 Å². The van der Waals surface area contributed by atoms with Crippen molar-refractivity contribution in [3.63, 3.8) is 0 Å². The lowest BCUT2D eigenvalue weighted by Gasteiger charge is -1.87. The molecule has 4 heteroatoms.